The summed E-state index contributed by atoms with van der Waals surface area (Å²) in [6.45, 7) is 6.08. The van der Waals surface area contributed by atoms with Crippen LogP contribution in [-0.2, 0) is 0 Å². The fourth-order valence-corrected chi connectivity index (χ4v) is 3.49. The van der Waals surface area contributed by atoms with Gasteiger partial charge in [0.1, 0.15) is 5.69 Å². The Bertz CT molecular complexity index is 1210. The smallest absolute Gasteiger partial charge is 0.274 e. The molecule has 2 N–H and O–H groups in total. The number of carbonyl (C=O) groups excluding carboxylic acids is 2. The van der Waals surface area contributed by atoms with Crippen LogP contribution in [0.25, 0.3) is 5.82 Å². The molecule has 174 valence electrons. The number of hydrogen-bond acceptors (Lipinski definition) is 5. The summed E-state index contributed by atoms with van der Waals surface area (Å²) in [7, 11) is 0. The van der Waals surface area contributed by atoms with E-state index in [1.54, 1.807) is 25.1 Å². The maximum atomic E-state index is 13.3. The summed E-state index contributed by atoms with van der Waals surface area (Å²) in [6.07, 6.45) is 1.47. The number of halogens is 3. The minimum absolute atomic E-state index is 0.0319. The number of pyridine rings is 1. The highest BCUT2D eigenvalue weighted by atomic mass is 35.5. The monoisotopic (exact) mass is 493 g/mol. The zero-order chi connectivity index (χ0) is 24.3. The minimum Gasteiger partial charge on any atom is -0.445 e. The van der Waals surface area contributed by atoms with Crippen LogP contribution in [0.1, 0.15) is 47.2 Å². The number of amides is 2. The van der Waals surface area contributed by atoms with Crippen LogP contribution in [0.2, 0.25) is 10.0 Å². The molecular formula is C22H22Cl2FN5O3. The lowest BCUT2D eigenvalue weighted by Gasteiger charge is -2.22. The molecule has 0 aliphatic carbocycles. The molecule has 0 bridgehead atoms. The molecule has 0 fully saturated rings. The Morgan fingerprint density at radius 3 is 2.55 bits per heavy atom. The van der Waals surface area contributed by atoms with Crippen molar-refractivity contribution < 1.29 is 18.7 Å². The summed E-state index contributed by atoms with van der Waals surface area (Å²) in [6, 6.07) is 7.53. The summed E-state index contributed by atoms with van der Waals surface area (Å²) < 4.78 is 18.7. The predicted octanol–water partition coefficient (Wildman–Crippen LogP) is 4.97. The topological polar surface area (TPSA) is 98.1 Å². The number of hydrogen-bond donors (Lipinski definition) is 2. The molecule has 11 heteroatoms. The molecule has 0 saturated carbocycles. The van der Waals surface area contributed by atoms with Crippen molar-refractivity contribution in [3.05, 3.63) is 63.4 Å². The van der Waals surface area contributed by atoms with Crippen molar-refractivity contribution in [2.45, 2.75) is 33.2 Å². The Hall–Kier alpha value is -3.17. The first-order chi connectivity index (χ1) is 15.5. The Kier molecular flexibility index (Phi) is 7.24. The van der Waals surface area contributed by atoms with Crippen LogP contribution in [0.5, 0.6) is 5.88 Å². The fourth-order valence-electron chi connectivity index (χ4n) is 3.02. The highest BCUT2D eigenvalue weighted by Crippen LogP contribution is 2.28. The van der Waals surface area contributed by atoms with Crippen LogP contribution in [0.3, 0.4) is 0 Å². The van der Waals surface area contributed by atoms with E-state index in [1.165, 1.54) is 18.3 Å². The summed E-state index contributed by atoms with van der Waals surface area (Å²) in [5.74, 6) is -1.04. The first kappa shape index (κ1) is 24.5. The van der Waals surface area contributed by atoms with E-state index < -0.39 is 24.2 Å². The quantitative estimate of drug-likeness (QED) is 0.505. The van der Waals surface area contributed by atoms with E-state index in [9.17, 15) is 14.0 Å². The first-order valence-corrected chi connectivity index (χ1v) is 10.6. The highest BCUT2D eigenvalue weighted by Gasteiger charge is 2.24. The second kappa shape index (κ2) is 9.76. The van der Waals surface area contributed by atoms with E-state index in [2.05, 4.69) is 20.7 Å². The molecule has 0 unspecified atom stereocenters. The molecule has 0 atom stereocenters. The van der Waals surface area contributed by atoms with E-state index >= 15 is 0 Å². The van der Waals surface area contributed by atoms with Gasteiger partial charge in [-0.15, -0.1) is 5.10 Å². The van der Waals surface area contributed by atoms with Crippen LogP contribution in [-0.4, -0.2) is 39.0 Å². The van der Waals surface area contributed by atoms with Crippen LogP contribution in [0, 0.1) is 6.92 Å². The molecule has 0 aliphatic heterocycles. The lowest BCUT2D eigenvalue weighted by molar-refractivity contribution is 0.0920. The van der Waals surface area contributed by atoms with E-state index in [0.717, 1.165) is 4.68 Å². The lowest BCUT2D eigenvalue weighted by Crippen LogP contribution is -2.41. The molecule has 8 nitrogen and oxygen atoms in total. The number of ether oxygens (including phenoxy) is 1. The molecule has 0 radical (unpaired) electrons. The number of aryl methyl sites for hydroxylation is 1. The molecule has 33 heavy (non-hydrogen) atoms. The second-order valence-corrected chi connectivity index (χ2v) is 8.99. The molecule has 0 saturated heterocycles. The summed E-state index contributed by atoms with van der Waals surface area (Å²) in [5, 5.41) is 10.2. The number of benzene rings is 1. The van der Waals surface area contributed by atoms with Crippen molar-refractivity contribution in [1.29, 1.82) is 0 Å². The Balaban J connectivity index is 2.05. The first-order valence-electron chi connectivity index (χ1n) is 9.84. The standard InChI is InChI=1S/C22H22Cl2FN5O3/c1-12-8-13(23)9-14(20(31)28-22(2,3)4)18(12)27-21(32)16-10-17(33-11-25)29-30(16)19-15(24)6-5-7-26-19/h5-10H,11H2,1-4H3,(H,27,32)(H,28,31). The fraction of sp³-hybridized carbons (Fsp3) is 0.273. The van der Waals surface area contributed by atoms with E-state index in [-0.39, 0.29) is 33.7 Å². The third kappa shape index (κ3) is 5.80. The highest BCUT2D eigenvalue weighted by molar-refractivity contribution is 6.32. The predicted molar refractivity (Wildman–Crippen MR) is 124 cm³/mol. The average Bonchev–Trinajstić information content (AvgIpc) is 3.13. The molecule has 2 amide bonds. The van der Waals surface area contributed by atoms with Gasteiger partial charge in [-0.05, 0) is 57.5 Å². The lowest BCUT2D eigenvalue weighted by atomic mass is 10.0. The van der Waals surface area contributed by atoms with Crippen LogP contribution in [0.4, 0.5) is 10.1 Å². The van der Waals surface area contributed by atoms with Gasteiger partial charge in [-0.3, -0.25) is 9.59 Å². The van der Waals surface area contributed by atoms with Crippen molar-refractivity contribution in [3.63, 3.8) is 0 Å². The third-order valence-corrected chi connectivity index (χ3v) is 4.85. The van der Waals surface area contributed by atoms with Gasteiger partial charge in [-0.1, -0.05) is 23.2 Å². The van der Waals surface area contributed by atoms with E-state index in [0.29, 0.717) is 10.6 Å². The number of carbonyl (C=O) groups is 2. The number of nitrogens with one attached hydrogen (secondary N) is 2. The van der Waals surface area contributed by atoms with Crippen molar-refractivity contribution in [1.82, 2.24) is 20.1 Å². The van der Waals surface area contributed by atoms with Crippen LogP contribution < -0.4 is 15.4 Å². The maximum absolute atomic E-state index is 13.3. The van der Waals surface area contributed by atoms with Gasteiger partial charge in [0.15, 0.2) is 5.82 Å². The van der Waals surface area contributed by atoms with E-state index in [1.807, 2.05) is 20.8 Å². The van der Waals surface area contributed by atoms with Gasteiger partial charge in [0.2, 0.25) is 12.7 Å². The summed E-state index contributed by atoms with van der Waals surface area (Å²) in [5.41, 5.74) is 0.471. The average molecular weight is 494 g/mol. The van der Waals surface area contributed by atoms with Crippen LogP contribution in [0.15, 0.2) is 36.5 Å². The van der Waals surface area contributed by atoms with Crippen molar-refractivity contribution >= 4 is 40.7 Å². The van der Waals surface area contributed by atoms with E-state index in [4.69, 9.17) is 27.9 Å². The number of alkyl halides is 1. The van der Waals surface area contributed by atoms with Crippen LogP contribution >= 0.6 is 23.2 Å². The van der Waals surface area contributed by atoms with Gasteiger partial charge in [-0.2, -0.15) is 0 Å². The number of nitrogens with zero attached hydrogens (tertiary/aromatic N) is 3. The molecule has 2 heterocycles. The molecule has 1 aromatic carbocycles. The molecule has 2 aromatic heterocycles. The molecule has 0 spiro atoms. The van der Waals surface area contributed by atoms with Gasteiger partial charge in [0, 0.05) is 22.8 Å². The van der Waals surface area contributed by atoms with Gasteiger partial charge >= 0.3 is 0 Å². The Morgan fingerprint density at radius 2 is 1.91 bits per heavy atom. The molecule has 3 rings (SSSR count). The van der Waals surface area contributed by atoms with Crippen molar-refractivity contribution in [3.8, 4) is 11.7 Å². The zero-order valence-corrected chi connectivity index (χ0v) is 19.9. The largest absolute Gasteiger partial charge is 0.445 e. The normalized spacial score (nSPS) is 11.2. The second-order valence-electron chi connectivity index (χ2n) is 8.15. The SMILES string of the molecule is Cc1cc(Cl)cc(C(=O)NC(C)(C)C)c1NC(=O)c1cc(OCF)nn1-c1ncccc1Cl. The van der Waals surface area contributed by atoms with Gasteiger partial charge in [0.05, 0.1) is 16.3 Å². The Labute approximate surface area is 200 Å². The number of rotatable bonds is 6. The summed E-state index contributed by atoms with van der Waals surface area (Å²) >= 11 is 12.4. The van der Waals surface area contributed by atoms with Crippen molar-refractivity contribution in [2.75, 3.05) is 12.2 Å². The molecular weight excluding hydrogens is 472 g/mol. The van der Waals surface area contributed by atoms with Crippen molar-refractivity contribution in [2.24, 2.45) is 0 Å². The molecule has 3 aromatic rings. The summed E-state index contributed by atoms with van der Waals surface area (Å²) in [4.78, 5) is 30.3. The van der Waals surface area contributed by atoms with Gasteiger partial charge < -0.3 is 15.4 Å². The zero-order valence-electron chi connectivity index (χ0n) is 18.4. The number of aromatic nitrogens is 3. The van der Waals surface area contributed by atoms with Gasteiger partial charge in [0.25, 0.3) is 11.8 Å². The third-order valence-electron chi connectivity index (χ3n) is 4.33. The minimum atomic E-state index is -1.14. The molecule has 0 aliphatic rings. The number of anilines is 1. The maximum Gasteiger partial charge on any atom is 0.274 e. The van der Waals surface area contributed by atoms with Gasteiger partial charge in [-0.25, -0.2) is 14.1 Å². The Morgan fingerprint density at radius 1 is 1.18 bits per heavy atom.